The van der Waals surface area contributed by atoms with Crippen LogP contribution in [0.5, 0.6) is 0 Å². The van der Waals surface area contributed by atoms with Crippen molar-refractivity contribution in [3.8, 4) is 0 Å². The van der Waals surface area contributed by atoms with Crippen LogP contribution in [0, 0.1) is 33.6 Å². The van der Waals surface area contributed by atoms with Crippen molar-refractivity contribution in [1.29, 1.82) is 0 Å². The first kappa shape index (κ1) is 24.7. The van der Waals surface area contributed by atoms with Crippen LogP contribution in [-0.4, -0.2) is 33.5 Å². The molecule has 7 heteroatoms. The molecular weight excluding hydrogens is 462 g/mol. The van der Waals surface area contributed by atoms with Crippen molar-refractivity contribution >= 4 is 28.6 Å². The molecule has 4 aromatic rings. The molecule has 1 aliphatic heterocycles. The van der Waals surface area contributed by atoms with Crippen molar-refractivity contribution in [3.05, 3.63) is 92.9 Å². The highest BCUT2D eigenvalue weighted by molar-refractivity contribution is 5.94. The quantitative estimate of drug-likeness (QED) is 0.425. The average molecular weight is 496 g/mol. The first-order valence-corrected chi connectivity index (χ1v) is 12.8. The summed E-state index contributed by atoms with van der Waals surface area (Å²) in [5.74, 6) is 0.139. The number of fused-ring (bicyclic) bond motifs is 1. The van der Waals surface area contributed by atoms with Gasteiger partial charge >= 0.3 is 0 Å². The predicted octanol–water partition coefficient (Wildman–Crippen LogP) is 4.93. The Kier molecular flexibility index (Phi) is 6.78. The summed E-state index contributed by atoms with van der Waals surface area (Å²) >= 11 is 0. The Morgan fingerprint density at radius 3 is 2.49 bits per heavy atom. The molecule has 0 saturated carbocycles. The molecule has 7 nitrogen and oxygen atoms in total. The van der Waals surface area contributed by atoms with Crippen LogP contribution in [0.2, 0.25) is 0 Å². The van der Waals surface area contributed by atoms with Gasteiger partial charge in [0.25, 0.3) is 5.56 Å². The molecule has 2 aromatic heterocycles. The van der Waals surface area contributed by atoms with E-state index in [9.17, 15) is 9.59 Å². The fourth-order valence-corrected chi connectivity index (χ4v) is 5.28. The molecule has 3 heterocycles. The molecule has 0 bridgehead atoms. The summed E-state index contributed by atoms with van der Waals surface area (Å²) in [6.45, 7) is 9.69. The Bertz CT molecular complexity index is 1500. The lowest BCUT2D eigenvalue weighted by Crippen LogP contribution is -2.44. The number of aryl methyl sites for hydroxylation is 4. The van der Waals surface area contributed by atoms with Crippen LogP contribution in [-0.2, 0) is 11.3 Å². The second-order valence-electron chi connectivity index (χ2n) is 10.2. The molecule has 1 saturated heterocycles. The zero-order valence-electron chi connectivity index (χ0n) is 21.9. The van der Waals surface area contributed by atoms with Gasteiger partial charge < -0.3 is 10.2 Å². The van der Waals surface area contributed by atoms with Crippen LogP contribution in [0.25, 0.3) is 11.2 Å². The molecule has 1 unspecified atom stereocenters. The van der Waals surface area contributed by atoms with E-state index in [1.165, 1.54) is 11.1 Å². The fraction of sp³-hybridized carbons (Fsp3) is 0.333. The van der Waals surface area contributed by atoms with E-state index in [-0.39, 0.29) is 17.4 Å². The number of benzene rings is 2. The molecule has 37 heavy (non-hydrogen) atoms. The number of nitrogens with zero attached hydrogens (tertiary/aromatic N) is 4. The van der Waals surface area contributed by atoms with Crippen molar-refractivity contribution in [2.75, 3.05) is 23.3 Å². The van der Waals surface area contributed by atoms with Crippen LogP contribution in [0.1, 0.15) is 40.7 Å². The lowest BCUT2D eigenvalue weighted by molar-refractivity contribution is -0.120. The number of rotatable bonds is 5. The highest BCUT2D eigenvalue weighted by Gasteiger charge is 2.29. The van der Waals surface area contributed by atoms with Gasteiger partial charge in [0.1, 0.15) is 5.52 Å². The number of amides is 1. The molecular formula is C30H33N5O2. The van der Waals surface area contributed by atoms with Crippen molar-refractivity contribution < 1.29 is 4.79 Å². The van der Waals surface area contributed by atoms with Crippen molar-refractivity contribution in [1.82, 2.24) is 14.5 Å². The molecule has 5 rings (SSSR count). The van der Waals surface area contributed by atoms with E-state index in [1.807, 2.05) is 62.1 Å². The third kappa shape index (κ3) is 5.12. The molecule has 1 aliphatic rings. The first-order valence-electron chi connectivity index (χ1n) is 12.8. The third-order valence-corrected chi connectivity index (χ3v) is 7.16. The Labute approximate surface area is 217 Å². The maximum absolute atomic E-state index is 13.8. The van der Waals surface area contributed by atoms with Gasteiger partial charge in [-0.1, -0.05) is 47.5 Å². The molecule has 0 radical (unpaired) electrons. The second kappa shape index (κ2) is 10.2. The Hall–Kier alpha value is -4.00. The molecule has 1 fully saturated rings. The minimum absolute atomic E-state index is 0.0119. The minimum Gasteiger partial charge on any atom is -0.351 e. The fourth-order valence-electron chi connectivity index (χ4n) is 5.28. The lowest BCUT2D eigenvalue weighted by Gasteiger charge is -2.33. The van der Waals surface area contributed by atoms with Gasteiger partial charge in [-0.05, 0) is 69.4 Å². The van der Waals surface area contributed by atoms with Gasteiger partial charge in [0, 0.05) is 25.0 Å². The SMILES string of the molecule is Cc1ccc(Cn2c(=O)c(N3CCCC(C(=O)Nc4c(C)cc(C)cc4C)C3)nc3cccnc32)cc1. The van der Waals surface area contributed by atoms with Gasteiger partial charge in [-0.15, -0.1) is 0 Å². The summed E-state index contributed by atoms with van der Waals surface area (Å²) < 4.78 is 1.70. The Morgan fingerprint density at radius 1 is 1.03 bits per heavy atom. The van der Waals surface area contributed by atoms with Gasteiger partial charge in [0.15, 0.2) is 11.5 Å². The minimum atomic E-state index is -0.231. The summed E-state index contributed by atoms with van der Waals surface area (Å²) in [6, 6.07) is 16.0. The average Bonchev–Trinajstić information content (AvgIpc) is 2.88. The van der Waals surface area contributed by atoms with Gasteiger partial charge in [-0.25, -0.2) is 9.97 Å². The van der Waals surface area contributed by atoms with Gasteiger partial charge in [-0.3, -0.25) is 14.2 Å². The number of nitrogens with one attached hydrogen (secondary N) is 1. The van der Waals surface area contributed by atoms with Crippen molar-refractivity contribution in [2.24, 2.45) is 5.92 Å². The topological polar surface area (TPSA) is 80.1 Å². The van der Waals surface area contributed by atoms with Crippen LogP contribution in [0.3, 0.4) is 0 Å². The number of aromatic nitrogens is 3. The number of carbonyl (C=O) groups is 1. The number of pyridine rings is 1. The monoisotopic (exact) mass is 495 g/mol. The highest BCUT2D eigenvalue weighted by Crippen LogP contribution is 2.26. The number of piperidine rings is 1. The zero-order valence-corrected chi connectivity index (χ0v) is 21.9. The first-order chi connectivity index (χ1) is 17.8. The van der Waals surface area contributed by atoms with E-state index < -0.39 is 0 Å². The largest absolute Gasteiger partial charge is 0.351 e. The molecule has 1 atom stereocenters. The zero-order chi connectivity index (χ0) is 26.1. The summed E-state index contributed by atoms with van der Waals surface area (Å²) in [7, 11) is 0. The summed E-state index contributed by atoms with van der Waals surface area (Å²) in [5.41, 5.74) is 7.41. The van der Waals surface area contributed by atoms with Crippen LogP contribution < -0.4 is 15.8 Å². The van der Waals surface area contributed by atoms with E-state index in [4.69, 9.17) is 4.98 Å². The summed E-state index contributed by atoms with van der Waals surface area (Å²) in [4.78, 5) is 38.3. The van der Waals surface area contributed by atoms with E-state index >= 15 is 0 Å². The maximum Gasteiger partial charge on any atom is 0.295 e. The molecule has 2 aromatic carbocycles. The standard InChI is InChI=1S/C30H33N5O2/c1-19-9-11-23(12-10-19)17-35-27-25(8-5-13-31-27)32-28(30(35)37)34-14-6-7-24(18-34)29(36)33-26-21(3)15-20(2)16-22(26)4/h5,8-13,15-16,24H,6-7,14,17-18H2,1-4H3,(H,33,36). The molecule has 1 N–H and O–H groups in total. The van der Waals surface area contributed by atoms with Crippen molar-refractivity contribution in [3.63, 3.8) is 0 Å². The van der Waals surface area contributed by atoms with Gasteiger partial charge in [0.2, 0.25) is 5.91 Å². The Morgan fingerprint density at radius 2 is 1.76 bits per heavy atom. The van der Waals surface area contributed by atoms with Crippen LogP contribution in [0.15, 0.2) is 59.5 Å². The van der Waals surface area contributed by atoms with Gasteiger partial charge in [-0.2, -0.15) is 0 Å². The third-order valence-electron chi connectivity index (χ3n) is 7.16. The van der Waals surface area contributed by atoms with Crippen LogP contribution in [0.4, 0.5) is 11.5 Å². The number of hydrogen-bond acceptors (Lipinski definition) is 5. The molecule has 0 spiro atoms. The molecule has 190 valence electrons. The number of anilines is 2. The number of carbonyl (C=O) groups excluding carboxylic acids is 1. The molecule has 1 amide bonds. The lowest BCUT2D eigenvalue weighted by atomic mass is 9.96. The summed E-state index contributed by atoms with van der Waals surface area (Å²) in [5, 5.41) is 3.16. The summed E-state index contributed by atoms with van der Waals surface area (Å²) in [6.07, 6.45) is 3.28. The van der Waals surface area contributed by atoms with E-state index in [2.05, 4.69) is 29.4 Å². The van der Waals surface area contributed by atoms with E-state index in [0.29, 0.717) is 36.6 Å². The van der Waals surface area contributed by atoms with Crippen LogP contribution >= 0.6 is 0 Å². The number of hydrogen-bond donors (Lipinski definition) is 1. The smallest absolute Gasteiger partial charge is 0.295 e. The highest BCUT2D eigenvalue weighted by atomic mass is 16.2. The second-order valence-corrected chi connectivity index (χ2v) is 10.2. The van der Waals surface area contributed by atoms with Gasteiger partial charge in [0.05, 0.1) is 12.5 Å². The predicted molar refractivity (Wildman–Crippen MR) is 148 cm³/mol. The Balaban J connectivity index is 1.44. The van der Waals surface area contributed by atoms with E-state index in [1.54, 1.807) is 10.8 Å². The van der Waals surface area contributed by atoms with Crippen molar-refractivity contribution in [2.45, 2.75) is 47.1 Å². The normalized spacial score (nSPS) is 15.7. The van der Waals surface area contributed by atoms with E-state index in [0.717, 1.165) is 35.2 Å². The maximum atomic E-state index is 13.8. The molecule has 0 aliphatic carbocycles.